The van der Waals surface area contributed by atoms with Gasteiger partial charge >= 0.3 is 0 Å². The van der Waals surface area contributed by atoms with Gasteiger partial charge in [0.2, 0.25) is 0 Å². The zero-order valence-electron chi connectivity index (χ0n) is 9.98. The zero-order chi connectivity index (χ0) is 13.1. The molecule has 1 aromatic carbocycles. The largest absolute Gasteiger partial charge is 0.298 e. The lowest BCUT2D eigenvalue weighted by molar-refractivity contribution is 0.112. The maximum Gasteiger partial charge on any atom is 0.150 e. The summed E-state index contributed by atoms with van der Waals surface area (Å²) in [5, 5.41) is 2.95. The molecule has 3 rings (SSSR count). The second-order valence-electron chi connectivity index (χ2n) is 4.02. The number of rotatable bonds is 3. The van der Waals surface area contributed by atoms with Crippen LogP contribution in [0.2, 0.25) is 0 Å². The van der Waals surface area contributed by atoms with Crippen molar-refractivity contribution in [2.24, 2.45) is 0 Å². The van der Waals surface area contributed by atoms with Crippen molar-refractivity contribution in [2.45, 2.75) is 0 Å². The van der Waals surface area contributed by atoms with Crippen LogP contribution in [-0.4, -0.2) is 16.3 Å². The maximum absolute atomic E-state index is 10.6. The molecule has 0 radical (unpaired) electrons. The standard InChI is InChI=1S/C15H10N2OS/c18-9-11-3-5-12(6-4-11)15-17-14(10-19-15)13-2-1-7-16-8-13/h1-10H. The first kappa shape index (κ1) is 11.7. The predicted molar refractivity (Wildman–Crippen MR) is 76.2 cm³/mol. The molecule has 4 heteroatoms. The summed E-state index contributed by atoms with van der Waals surface area (Å²) in [5.41, 5.74) is 3.63. The Labute approximate surface area is 114 Å². The average Bonchev–Trinajstić information content (AvgIpc) is 2.98. The minimum Gasteiger partial charge on any atom is -0.298 e. The third kappa shape index (κ3) is 2.44. The van der Waals surface area contributed by atoms with Crippen molar-refractivity contribution >= 4 is 17.6 Å². The topological polar surface area (TPSA) is 42.9 Å². The van der Waals surface area contributed by atoms with E-state index in [0.29, 0.717) is 5.56 Å². The van der Waals surface area contributed by atoms with Crippen LogP contribution in [-0.2, 0) is 0 Å². The Morgan fingerprint density at radius 3 is 2.58 bits per heavy atom. The third-order valence-corrected chi connectivity index (χ3v) is 3.65. The van der Waals surface area contributed by atoms with E-state index >= 15 is 0 Å². The lowest BCUT2D eigenvalue weighted by Crippen LogP contribution is -1.82. The number of nitrogens with zero attached hydrogens (tertiary/aromatic N) is 2. The molecular formula is C15H10N2OS. The van der Waals surface area contributed by atoms with E-state index in [1.165, 1.54) is 0 Å². The van der Waals surface area contributed by atoms with Gasteiger partial charge in [0.1, 0.15) is 11.3 Å². The molecule has 0 bridgehead atoms. The van der Waals surface area contributed by atoms with Gasteiger partial charge in [-0.3, -0.25) is 9.78 Å². The first-order valence-corrected chi connectivity index (χ1v) is 6.66. The van der Waals surface area contributed by atoms with E-state index in [2.05, 4.69) is 9.97 Å². The number of aromatic nitrogens is 2. The van der Waals surface area contributed by atoms with Gasteiger partial charge in [0.15, 0.2) is 0 Å². The molecule has 0 aliphatic carbocycles. The van der Waals surface area contributed by atoms with Gasteiger partial charge in [0.25, 0.3) is 0 Å². The predicted octanol–water partition coefficient (Wildman–Crippen LogP) is 3.68. The highest BCUT2D eigenvalue weighted by atomic mass is 32.1. The number of hydrogen-bond donors (Lipinski definition) is 0. The van der Waals surface area contributed by atoms with Crippen LogP contribution in [0.1, 0.15) is 10.4 Å². The van der Waals surface area contributed by atoms with E-state index in [9.17, 15) is 4.79 Å². The van der Waals surface area contributed by atoms with Crippen molar-refractivity contribution in [2.75, 3.05) is 0 Å². The SMILES string of the molecule is O=Cc1ccc(-c2nc(-c3cccnc3)cs2)cc1. The molecule has 19 heavy (non-hydrogen) atoms. The monoisotopic (exact) mass is 266 g/mol. The minimum absolute atomic E-state index is 0.674. The van der Waals surface area contributed by atoms with Crippen LogP contribution in [0.15, 0.2) is 54.2 Å². The summed E-state index contributed by atoms with van der Waals surface area (Å²) in [5.74, 6) is 0. The average molecular weight is 266 g/mol. The van der Waals surface area contributed by atoms with Crippen LogP contribution >= 0.6 is 11.3 Å². The Hall–Kier alpha value is -2.33. The molecule has 0 saturated heterocycles. The van der Waals surface area contributed by atoms with Gasteiger partial charge in [0.05, 0.1) is 5.69 Å². The number of aldehydes is 1. The van der Waals surface area contributed by atoms with E-state index in [-0.39, 0.29) is 0 Å². The lowest BCUT2D eigenvalue weighted by Gasteiger charge is -1.97. The highest BCUT2D eigenvalue weighted by molar-refractivity contribution is 7.13. The van der Waals surface area contributed by atoms with E-state index in [0.717, 1.165) is 28.1 Å². The molecule has 0 fully saturated rings. The fourth-order valence-corrected chi connectivity index (χ4v) is 2.59. The van der Waals surface area contributed by atoms with Crippen LogP contribution in [0.25, 0.3) is 21.8 Å². The second-order valence-corrected chi connectivity index (χ2v) is 4.88. The molecular weight excluding hydrogens is 256 g/mol. The summed E-state index contributed by atoms with van der Waals surface area (Å²) in [7, 11) is 0. The highest BCUT2D eigenvalue weighted by Crippen LogP contribution is 2.28. The summed E-state index contributed by atoms with van der Waals surface area (Å²) in [4.78, 5) is 19.3. The molecule has 0 aliphatic rings. The van der Waals surface area contributed by atoms with Gasteiger partial charge in [-0.25, -0.2) is 4.98 Å². The van der Waals surface area contributed by atoms with Crippen LogP contribution in [0, 0.1) is 0 Å². The molecule has 3 aromatic rings. The molecule has 0 unspecified atom stereocenters. The molecule has 3 nitrogen and oxygen atoms in total. The van der Waals surface area contributed by atoms with Gasteiger partial charge in [-0.05, 0) is 12.1 Å². The van der Waals surface area contributed by atoms with Gasteiger partial charge in [-0.2, -0.15) is 0 Å². The van der Waals surface area contributed by atoms with Gasteiger partial charge < -0.3 is 0 Å². The van der Waals surface area contributed by atoms with Gasteiger partial charge in [0, 0.05) is 34.5 Å². The van der Waals surface area contributed by atoms with E-state index < -0.39 is 0 Å². The summed E-state index contributed by atoms with van der Waals surface area (Å²) in [6.07, 6.45) is 4.38. The van der Waals surface area contributed by atoms with Crippen molar-refractivity contribution in [1.82, 2.24) is 9.97 Å². The van der Waals surface area contributed by atoms with Crippen LogP contribution < -0.4 is 0 Å². The highest BCUT2D eigenvalue weighted by Gasteiger charge is 2.06. The van der Waals surface area contributed by atoms with Crippen LogP contribution in [0.3, 0.4) is 0 Å². The summed E-state index contributed by atoms with van der Waals surface area (Å²) < 4.78 is 0. The zero-order valence-corrected chi connectivity index (χ0v) is 10.8. The van der Waals surface area contributed by atoms with Crippen molar-refractivity contribution in [3.8, 4) is 21.8 Å². The van der Waals surface area contributed by atoms with Crippen molar-refractivity contribution in [3.63, 3.8) is 0 Å². The Kier molecular flexibility index (Phi) is 3.16. The molecule has 2 heterocycles. The molecule has 0 spiro atoms. The number of carbonyl (C=O) groups excluding carboxylic acids is 1. The molecule has 0 amide bonds. The number of hydrogen-bond acceptors (Lipinski definition) is 4. The Morgan fingerprint density at radius 1 is 1.05 bits per heavy atom. The maximum atomic E-state index is 10.6. The summed E-state index contributed by atoms with van der Waals surface area (Å²) >= 11 is 1.58. The van der Waals surface area contributed by atoms with E-state index in [4.69, 9.17) is 0 Å². The molecule has 0 aliphatic heterocycles. The molecule has 0 N–H and O–H groups in total. The van der Waals surface area contributed by atoms with E-state index in [1.807, 2.05) is 29.6 Å². The Balaban J connectivity index is 1.94. The molecule has 2 aromatic heterocycles. The van der Waals surface area contributed by atoms with Crippen molar-refractivity contribution in [3.05, 3.63) is 59.7 Å². The number of carbonyl (C=O) groups is 1. The normalized spacial score (nSPS) is 10.3. The van der Waals surface area contributed by atoms with Crippen molar-refractivity contribution in [1.29, 1.82) is 0 Å². The van der Waals surface area contributed by atoms with Crippen LogP contribution in [0.5, 0.6) is 0 Å². The lowest BCUT2D eigenvalue weighted by atomic mass is 10.1. The Bertz CT molecular complexity index is 690. The van der Waals surface area contributed by atoms with Crippen LogP contribution in [0.4, 0.5) is 0 Å². The number of pyridine rings is 1. The first-order chi connectivity index (χ1) is 9.36. The second kappa shape index (κ2) is 5.12. The fraction of sp³-hybridized carbons (Fsp3) is 0. The fourth-order valence-electron chi connectivity index (χ4n) is 1.76. The molecule has 92 valence electrons. The van der Waals surface area contributed by atoms with Gasteiger partial charge in [-0.1, -0.05) is 24.3 Å². The first-order valence-electron chi connectivity index (χ1n) is 5.78. The number of benzene rings is 1. The quantitative estimate of drug-likeness (QED) is 0.679. The smallest absolute Gasteiger partial charge is 0.150 e. The molecule has 0 saturated carbocycles. The summed E-state index contributed by atoms with van der Waals surface area (Å²) in [6, 6.07) is 11.3. The minimum atomic E-state index is 0.674. The van der Waals surface area contributed by atoms with E-state index in [1.54, 1.807) is 35.9 Å². The number of thiazole rings is 1. The summed E-state index contributed by atoms with van der Waals surface area (Å²) in [6.45, 7) is 0. The van der Waals surface area contributed by atoms with Crippen molar-refractivity contribution < 1.29 is 4.79 Å². The third-order valence-electron chi connectivity index (χ3n) is 2.76. The Morgan fingerprint density at radius 2 is 1.89 bits per heavy atom. The molecule has 0 atom stereocenters. The van der Waals surface area contributed by atoms with Gasteiger partial charge in [-0.15, -0.1) is 11.3 Å².